The molecule has 0 bridgehead atoms. The zero-order valence-electron chi connectivity index (χ0n) is 16.4. The number of halogens is 1. The van der Waals surface area contributed by atoms with Gasteiger partial charge in [0.2, 0.25) is 5.91 Å². The molecule has 1 atom stereocenters. The minimum absolute atomic E-state index is 0.339. The summed E-state index contributed by atoms with van der Waals surface area (Å²) in [4.78, 5) is 39.0. The van der Waals surface area contributed by atoms with Gasteiger partial charge in [-0.05, 0) is 48.7 Å². The Hall–Kier alpha value is -3.06. The molecule has 2 aromatic rings. The Bertz CT molecular complexity index is 961. The number of hydrogen-bond donors (Lipinski definition) is 2. The van der Waals surface area contributed by atoms with Gasteiger partial charge in [0.05, 0.1) is 17.8 Å². The molecule has 0 spiro atoms. The summed E-state index contributed by atoms with van der Waals surface area (Å²) in [6, 6.07) is 11.5. The number of urea groups is 1. The van der Waals surface area contributed by atoms with Gasteiger partial charge in [0, 0.05) is 0 Å². The van der Waals surface area contributed by atoms with Crippen LogP contribution >= 0.6 is 11.6 Å². The summed E-state index contributed by atoms with van der Waals surface area (Å²) in [7, 11) is 1.55. The third-order valence-electron chi connectivity index (χ3n) is 4.99. The molecule has 0 saturated carbocycles. The van der Waals surface area contributed by atoms with Crippen LogP contribution in [0.5, 0.6) is 5.75 Å². The van der Waals surface area contributed by atoms with Gasteiger partial charge in [0.15, 0.2) is 0 Å². The van der Waals surface area contributed by atoms with E-state index in [1.807, 2.05) is 6.92 Å². The first-order chi connectivity index (χ1) is 13.8. The third kappa shape index (κ3) is 3.91. The maximum Gasteiger partial charge on any atom is 0.325 e. The van der Waals surface area contributed by atoms with Crippen LogP contribution < -0.4 is 15.4 Å². The van der Waals surface area contributed by atoms with Crippen molar-refractivity contribution in [2.24, 2.45) is 0 Å². The van der Waals surface area contributed by atoms with E-state index in [0.29, 0.717) is 28.4 Å². The summed E-state index contributed by atoms with van der Waals surface area (Å²) >= 11 is 6.14. The van der Waals surface area contributed by atoms with E-state index in [-0.39, 0.29) is 0 Å². The molecular weight excluding hydrogens is 394 g/mol. The molecule has 0 unspecified atom stereocenters. The number of methoxy groups -OCH3 is 1. The molecule has 1 heterocycles. The van der Waals surface area contributed by atoms with E-state index >= 15 is 0 Å². The van der Waals surface area contributed by atoms with Crippen molar-refractivity contribution in [3.63, 3.8) is 0 Å². The van der Waals surface area contributed by atoms with E-state index in [1.165, 1.54) is 0 Å². The van der Waals surface area contributed by atoms with Gasteiger partial charge >= 0.3 is 6.03 Å². The quantitative estimate of drug-likeness (QED) is 0.707. The number of carbonyl (C=O) groups excluding carboxylic acids is 3. The lowest BCUT2D eigenvalue weighted by Gasteiger charge is -2.26. The van der Waals surface area contributed by atoms with Crippen molar-refractivity contribution in [3.05, 3.63) is 58.6 Å². The van der Waals surface area contributed by atoms with Crippen LogP contribution in [-0.4, -0.2) is 36.4 Å². The van der Waals surface area contributed by atoms with E-state index in [1.54, 1.807) is 56.5 Å². The summed E-state index contributed by atoms with van der Waals surface area (Å²) in [5.41, 5.74) is 0.787. The fraction of sp³-hybridized carbons (Fsp3) is 0.286. The third-order valence-corrected chi connectivity index (χ3v) is 5.30. The van der Waals surface area contributed by atoms with Gasteiger partial charge in [-0.3, -0.25) is 14.5 Å². The number of aryl methyl sites for hydroxylation is 1. The van der Waals surface area contributed by atoms with E-state index in [2.05, 4.69) is 10.6 Å². The predicted molar refractivity (Wildman–Crippen MR) is 110 cm³/mol. The fourth-order valence-electron chi connectivity index (χ4n) is 3.34. The average molecular weight is 416 g/mol. The highest BCUT2D eigenvalue weighted by atomic mass is 35.5. The number of ether oxygens (including phenoxy) is 1. The van der Waals surface area contributed by atoms with Gasteiger partial charge in [-0.15, -0.1) is 0 Å². The van der Waals surface area contributed by atoms with Gasteiger partial charge < -0.3 is 15.4 Å². The highest BCUT2D eigenvalue weighted by Crippen LogP contribution is 2.33. The lowest BCUT2D eigenvalue weighted by Crippen LogP contribution is -2.44. The minimum Gasteiger partial charge on any atom is -0.497 e. The second kappa shape index (κ2) is 8.13. The highest BCUT2D eigenvalue weighted by molar-refractivity contribution is 6.33. The van der Waals surface area contributed by atoms with Crippen LogP contribution in [-0.2, 0) is 15.1 Å². The molecule has 0 aliphatic carbocycles. The molecule has 29 heavy (non-hydrogen) atoms. The molecule has 0 radical (unpaired) electrons. The van der Waals surface area contributed by atoms with Crippen molar-refractivity contribution in [2.75, 3.05) is 19.0 Å². The number of amides is 4. The number of benzene rings is 2. The molecule has 1 saturated heterocycles. The van der Waals surface area contributed by atoms with Crippen LogP contribution in [0.4, 0.5) is 10.5 Å². The Morgan fingerprint density at radius 2 is 1.90 bits per heavy atom. The zero-order valence-corrected chi connectivity index (χ0v) is 17.2. The molecule has 8 heteroatoms. The molecular formula is C21H22ClN3O4. The van der Waals surface area contributed by atoms with Crippen LogP contribution in [0.1, 0.15) is 24.5 Å². The van der Waals surface area contributed by atoms with Gasteiger partial charge in [0.25, 0.3) is 5.91 Å². The number of imide groups is 1. The van der Waals surface area contributed by atoms with Crippen molar-refractivity contribution in [1.29, 1.82) is 0 Å². The molecule has 2 aromatic carbocycles. The number of anilines is 1. The van der Waals surface area contributed by atoms with Gasteiger partial charge in [-0.1, -0.05) is 36.7 Å². The molecule has 4 amide bonds. The van der Waals surface area contributed by atoms with Crippen LogP contribution in [0.15, 0.2) is 42.5 Å². The number of rotatable bonds is 6. The van der Waals surface area contributed by atoms with Crippen molar-refractivity contribution in [2.45, 2.75) is 25.8 Å². The monoisotopic (exact) mass is 415 g/mol. The molecule has 3 rings (SSSR count). The first-order valence-corrected chi connectivity index (χ1v) is 9.53. The molecule has 1 aliphatic rings. The Labute approximate surface area is 174 Å². The summed E-state index contributed by atoms with van der Waals surface area (Å²) < 4.78 is 5.15. The highest BCUT2D eigenvalue weighted by Gasteiger charge is 2.51. The molecule has 1 fully saturated rings. The van der Waals surface area contributed by atoms with Crippen LogP contribution in [0.2, 0.25) is 5.02 Å². The zero-order chi connectivity index (χ0) is 21.2. The normalized spacial score (nSPS) is 18.6. The van der Waals surface area contributed by atoms with Crippen molar-refractivity contribution in [1.82, 2.24) is 10.2 Å². The first kappa shape index (κ1) is 20.7. The Morgan fingerprint density at radius 3 is 2.48 bits per heavy atom. The van der Waals surface area contributed by atoms with Gasteiger partial charge in [0.1, 0.15) is 17.8 Å². The second-order valence-corrected chi connectivity index (χ2v) is 7.25. The average Bonchev–Trinajstić information content (AvgIpc) is 2.95. The summed E-state index contributed by atoms with van der Waals surface area (Å²) in [5.74, 6) is -0.343. The summed E-state index contributed by atoms with van der Waals surface area (Å²) in [5, 5.41) is 5.78. The molecule has 0 aromatic heterocycles. The van der Waals surface area contributed by atoms with E-state index < -0.39 is 29.9 Å². The van der Waals surface area contributed by atoms with Crippen molar-refractivity contribution in [3.8, 4) is 5.75 Å². The maximum absolute atomic E-state index is 13.1. The molecule has 2 N–H and O–H groups in total. The number of nitrogens with one attached hydrogen (secondary N) is 2. The largest absolute Gasteiger partial charge is 0.497 e. The SMILES string of the molecule is CC[C@@]1(c2ccc(OC)cc2)NC(=O)N(CC(=O)Nc2ccc(C)cc2Cl)C1=O. The predicted octanol–water partition coefficient (Wildman–Crippen LogP) is 3.45. The Kier molecular flexibility index (Phi) is 5.79. The summed E-state index contributed by atoms with van der Waals surface area (Å²) in [6.45, 7) is 3.28. The van der Waals surface area contributed by atoms with Crippen LogP contribution in [0.25, 0.3) is 0 Å². The molecule has 7 nitrogen and oxygen atoms in total. The fourth-order valence-corrected chi connectivity index (χ4v) is 3.62. The standard InChI is InChI=1S/C21H22ClN3O4/c1-4-21(14-6-8-15(29-3)9-7-14)19(27)25(20(28)24-21)12-18(26)23-17-10-5-13(2)11-16(17)22/h5-11H,4,12H2,1-3H3,(H,23,26)(H,24,28)/t21-/m0/s1. The smallest absolute Gasteiger partial charge is 0.325 e. The van der Waals surface area contributed by atoms with Crippen LogP contribution in [0, 0.1) is 6.92 Å². The number of carbonyl (C=O) groups is 3. The van der Waals surface area contributed by atoms with Gasteiger partial charge in [-0.2, -0.15) is 0 Å². The lowest BCUT2D eigenvalue weighted by molar-refractivity contribution is -0.134. The molecule has 1 aliphatic heterocycles. The van der Waals surface area contributed by atoms with Crippen molar-refractivity contribution >= 4 is 35.1 Å². The van der Waals surface area contributed by atoms with Crippen LogP contribution in [0.3, 0.4) is 0 Å². The van der Waals surface area contributed by atoms with Gasteiger partial charge in [-0.25, -0.2) is 4.79 Å². The number of hydrogen-bond acceptors (Lipinski definition) is 4. The van der Waals surface area contributed by atoms with E-state index in [4.69, 9.17) is 16.3 Å². The van der Waals surface area contributed by atoms with Crippen molar-refractivity contribution < 1.29 is 19.1 Å². The first-order valence-electron chi connectivity index (χ1n) is 9.15. The van der Waals surface area contributed by atoms with E-state index in [9.17, 15) is 14.4 Å². The topological polar surface area (TPSA) is 87.7 Å². The Balaban J connectivity index is 1.79. The number of nitrogens with zero attached hydrogens (tertiary/aromatic N) is 1. The minimum atomic E-state index is -1.22. The molecule has 152 valence electrons. The summed E-state index contributed by atoms with van der Waals surface area (Å²) in [6.07, 6.45) is 0.339. The Morgan fingerprint density at radius 1 is 1.21 bits per heavy atom. The lowest BCUT2D eigenvalue weighted by atomic mass is 9.87. The second-order valence-electron chi connectivity index (χ2n) is 6.84. The van der Waals surface area contributed by atoms with E-state index in [0.717, 1.165) is 10.5 Å². The maximum atomic E-state index is 13.1.